The minimum atomic E-state index is -0.707. The Bertz CT molecular complexity index is 2340. The molecule has 0 unspecified atom stereocenters. The predicted molar refractivity (Wildman–Crippen MR) is 218 cm³/mol. The third-order valence-corrected chi connectivity index (χ3v) is 9.53. The van der Waals surface area contributed by atoms with Crippen LogP contribution in [0.4, 0.5) is 0 Å². The van der Waals surface area contributed by atoms with Crippen molar-refractivity contribution in [1.82, 2.24) is 4.90 Å². The molecule has 0 spiro atoms. The molecule has 17 heteroatoms. The lowest BCUT2D eigenvalue weighted by Crippen LogP contribution is -2.24. The molecule has 1 aliphatic rings. The molecule has 0 bridgehead atoms. The summed E-state index contributed by atoms with van der Waals surface area (Å²) in [5.74, 6) is -0.931. The number of amides is 1. The zero-order valence-electron chi connectivity index (χ0n) is 34.2. The highest BCUT2D eigenvalue weighted by Gasteiger charge is 2.25. The summed E-state index contributed by atoms with van der Waals surface area (Å²) in [6.07, 6.45) is 8.78. The maximum atomic E-state index is 13.2. The number of carbonyl (C=O) groups is 4. The predicted octanol–water partition coefficient (Wildman–Crippen LogP) is 4.06. The first-order valence-electron chi connectivity index (χ1n) is 18.7. The molecule has 318 valence electrons. The van der Waals surface area contributed by atoms with Gasteiger partial charge in [0.05, 0.1) is 38.0 Å². The van der Waals surface area contributed by atoms with Crippen molar-refractivity contribution in [3.05, 3.63) is 176 Å². The van der Waals surface area contributed by atoms with Crippen molar-refractivity contribution in [1.29, 1.82) is 0 Å². The molecule has 0 saturated heterocycles. The number of fused-ring (bicyclic) bond motifs is 3. The SMILES string of the molecule is CN(C)C=O.COc1cc2c(cc1OC(=O)c1cc[n+]([O-])cc1)Cc1cc(OC)c(OC(=O)c3cc[n+]([O-])cc3)cc1Cc1cc(OC)c(OC(=O)c3cc[n+]([O-])cc3)cc1C2. The van der Waals surface area contributed by atoms with Gasteiger partial charge in [-0.3, -0.25) is 4.79 Å². The summed E-state index contributed by atoms with van der Waals surface area (Å²) in [4.78, 5) is 50.5. The monoisotopic (exact) mass is 844 g/mol. The van der Waals surface area contributed by atoms with E-state index in [4.69, 9.17) is 28.4 Å². The van der Waals surface area contributed by atoms with Crippen molar-refractivity contribution < 1.29 is 61.8 Å². The Morgan fingerprint density at radius 2 is 0.677 bits per heavy atom. The van der Waals surface area contributed by atoms with Crippen LogP contribution in [0.3, 0.4) is 0 Å². The summed E-state index contributed by atoms with van der Waals surface area (Å²) in [5, 5.41) is 34.7. The van der Waals surface area contributed by atoms with Crippen LogP contribution in [0.15, 0.2) is 110 Å². The van der Waals surface area contributed by atoms with Crippen molar-refractivity contribution in [2.75, 3.05) is 35.4 Å². The maximum absolute atomic E-state index is 13.2. The Labute approximate surface area is 355 Å². The second-order valence-electron chi connectivity index (χ2n) is 13.9. The summed E-state index contributed by atoms with van der Waals surface area (Å²) in [7, 11) is 7.71. The molecular weight excluding hydrogens is 805 g/mol. The van der Waals surface area contributed by atoms with Gasteiger partial charge in [0.15, 0.2) is 71.7 Å². The minimum absolute atomic E-state index is 0.132. The summed E-state index contributed by atoms with van der Waals surface area (Å²) in [6, 6.07) is 18.5. The van der Waals surface area contributed by atoms with E-state index in [1.165, 1.54) is 99.8 Å². The summed E-state index contributed by atoms with van der Waals surface area (Å²) in [5.41, 5.74) is 5.03. The van der Waals surface area contributed by atoms with Crippen LogP contribution in [0.5, 0.6) is 34.5 Å². The number of rotatable bonds is 10. The smallest absolute Gasteiger partial charge is 0.344 e. The first-order valence-corrected chi connectivity index (χ1v) is 18.7. The molecule has 3 aromatic carbocycles. The quantitative estimate of drug-likeness (QED) is 0.0627. The van der Waals surface area contributed by atoms with E-state index in [0.717, 1.165) is 39.8 Å². The van der Waals surface area contributed by atoms with Gasteiger partial charge < -0.3 is 48.9 Å². The van der Waals surface area contributed by atoms with Crippen LogP contribution in [0.25, 0.3) is 0 Å². The van der Waals surface area contributed by atoms with Crippen molar-refractivity contribution in [2.24, 2.45) is 0 Å². The molecular formula is C45H40N4O13. The number of aromatic nitrogens is 3. The zero-order valence-corrected chi connectivity index (χ0v) is 34.2. The molecule has 0 radical (unpaired) electrons. The topological polar surface area (TPSA) is 208 Å². The fourth-order valence-corrected chi connectivity index (χ4v) is 6.38. The lowest BCUT2D eigenvalue weighted by molar-refractivity contribution is -0.605. The van der Waals surface area contributed by atoms with E-state index in [1.807, 2.05) is 0 Å². The zero-order chi connectivity index (χ0) is 44.5. The van der Waals surface area contributed by atoms with Crippen LogP contribution in [0.1, 0.15) is 64.5 Å². The number of hydrogen-bond donors (Lipinski definition) is 0. The molecule has 3 aromatic heterocycles. The van der Waals surface area contributed by atoms with Crippen LogP contribution in [-0.2, 0) is 24.1 Å². The Morgan fingerprint density at radius 3 is 0.871 bits per heavy atom. The van der Waals surface area contributed by atoms with Gasteiger partial charge in [0.25, 0.3) is 0 Å². The molecule has 1 amide bonds. The molecule has 0 fully saturated rings. The minimum Gasteiger partial charge on any atom is -0.619 e. The van der Waals surface area contributed by atoms with Gasteiger partial charge in [-0.1, -0.05) is 0 Å². The van der Waals surface area contributed by atoms with Gasteiger partial charge in [-0.2, -0.15) is 14.2 Å². The van der Waals surface area contributed by atoms with Gasteiger partial charge in [0.1, 0.15) is 0 Å². The fraction of sp³-hybridized carbons (Fsp3) is 0.178. The number of methoxy groups -OCH3 is 3. The lowest BCUT2D eigenvalue weighted by Gasteiger charge is -2.17. The van der Waals surface area contributed by atoms with E-state index in [1.54, 1.807) is 50.5 Å². The molecule has 62 heavy (non-hydrogen) atoms. The number of ether oxygens (including phenoxy) is 6. The number of nitrogens with zero attached hydrogens (tertiary/aromatic N) is 4. The van der Waals surface area contributed by atoms with Gasteiger partial charge in [-0.05, 0) is 89.0 Å². The van der Waals surface area contributed by atoms with Crippen LogP contribution in [0, 0.1) is 15.6 Å². The van der Waals surface area contributed by atoms with Crippen LogP contribution in [0.2, 0.25) is 0 Å². The third-order valence-electron chi connectivity index (χ3n) is 9.53. The van der Waals surface area contributed by atoms with Crippen molar-refractivity contribution in [3.8, 4) is 34.5 Å². The molecule has 1 aliphatic carbocycles. The Kier molecular flexibility index (Phi) is 13.5. The van der Waals surface area contributed by atoms with E-state index in [9.17, 15) is 34.8 Å². The number of esters is 3. The van der Waals surface area contributed by atoms with E-state index in [0.29, 0.717) is 33.5 Å². The fourth-order valence-electron chi connectivity index (χ4n) is 6.38. The standard InChI is InChI=1S/C42H33N3O12.C3H7NO/c1-52-34-19-28-16-32-23-38(56-41(47)26-6-12-44(50)13-7-26)36(54-3)21-30(32)18-33-24-39(57-42(48)27-8-14-45(51)15-9-27)35(53-2)20-29(33)17-31(28)22-37(34)55-40(46)25-4-10-43(49)11-5-25;1-4(2)3-5/h4-15,19-24H,16-18H2,1-3H3;3H,1-2H3. The number of hydrogen-bond acceptors (Lipinski definition) is 13. The molecule has 17 nitrogen and oxygen atoms in total. The highest BCUT2D eigenvalue weighted by molar-refractivity contribution is 5.92. The highest BCUT2D eigenvalue weighted by atomic mass is 16.6. The average molecular weight is 845 g/mol. The summed E-state index contributed by atoms with van der Waals surface area (Å²) in [6.45, 7) is 0. The Balaban J connectivity index is 0.00000121. The summed E-state index contributed by atoms with van der Waals surface area (Å²) >= 11 is 0. The van der Waals surface area contributed by atoms with E-state index >= 15 is 0 Å². The van der Waals surface area contributed by atoms with Crippen molar-refractivity contribution >= 4 is 24.3 Å². The summed E-state index contributed by atoms with van der Waals surface area (Å²) < 4.78 is 36.2. The van der Waals surface area contributed by atoms with Crippen LogP contribution >= 0.6 is 0 Å². The van der Waals surface area contributed by atoms with Crippen molar-refractivity contribution in [3.63, 3.8) is 0 Å². The van der Waals surface area contributed by atoms with Gasteiger partial charge in [-0.15, -0.1) is 0 Å². The molecule has 0 saturated carbocycles. The molecule has 7 rings (SSSR count). The average Bonchev–Trinajstić information content (AvgIpc) is 3.32. The van der Waals surface area contributed by atoms with E-state index < -0.39 is 17.9 Å². The second kappa shape index (κ2) is 19.2. The van der Waals surface area contributed by atoms with E-state index in [-0.39, 0.29) is 51.2 Å². The van der Waals surface area contributed by atoms with Crippen LogP contribution in [-0.4, -0.2) is 64.6 Å². The van der Waals surface area contributed by atoms with Gasteiger partial charge in [0.2, 0.25) is 6.41 Å². The second-order valence-corrected chi connectivity index (χ2v) is 13.9. The van der Waals surface area contributed by atoms with Gasteiger partial charge >= 0.3 is 17.9 Å². The largest absolute Gasteiger partial charge is 0.619 e. The Morgan fingerprint density at radius 1 is 0.468 bits per heavy atom. The number of pyridine rings is 3. The molecule has 0 N–H and O–H groups in total. The molecule has 0 aliphatic heterocycles. The number of carbonyl (C=O) groups excluding carboxylic acids is 4. The third kappa shape index (κ3) is 10.3. The highest BCUT2D eigenvalue weighted by Crippen LogP contribution is 2.41. The van der Waals surface area contributed by atoms with Crippen LogP contribution < -0.4 is 42.6 Å². The van der Waals surface area contributed by atoms with Gasteiger partial charge in [0, 0.05) is 50.5 Å². The lowest BCUT2D eigenvalue weighted by atomic mass is 9.94. The van der Waals surface area contributed by atoms with Gasteiger partial charge in [-0.25, -0.2) is 14.4 Å². The first-order chi connectivity index (χ1) is 29.8. The molecule has 6 aromatic rings. The normalized spacial score (nSPS) is 11.2. The molecule has 0 atom stereocenters. The van der Waals surface area contributed by atoms with Crippen molar-refractivity contribution in [2.45, 2.75) is 19.3 Å². The first kappa shape index (κ1) is 43.4. The number of benzene rings is 3. The van der Waals surface area contributed by atoms with E-state index in [2.05, 4.69) is 0 Å². The molecule has 3 heterocycles. The maximum Gasteiger partial charge on any atom is 0.344 e. The Hall–Kier alpha value is -8.21.